The Morgan fingerprint density at radius 1 is 1.43 bits per heavy atom. The number of nitro groups is 1. The maximum absolute atomic E-state index is 10.9. The van der Waals surface area contributed by atoms with Gasteiger partial charge in [-0.2, -0.15) is 0 Å². The molecule has 2 aromatic rings. The highest BCUT2D eigenvalue weighted by molar-refractivity contribution is 7.09. The van der Waals surface area contributed by atoms with Crippen LogP contribution in [0.5, 0.6) is 0 Å². The average Bonchev–Trinajstić information content (AvgIpc) is 2.84. The minimum Gasteiger partial charge on any atom is -0.306 e. The molecule has 7 heteroatoms. The van der Waals surface area contributed by atoms with Crippen molar-refractivity contribution in [3.05, 3.63) is 43.7 Å². The average molecular weight is 326 g/mol. The summed E-state index contributed by atoms with van der Waals surface area (Å²) in [5.74, 6) is 0. The summed E-state index contributed by atoms with van der Waals surface area (Å²) in [4.78, 5) is 14.9. The van der Waals surface area contributed by atoms with Crippen LogP contribution < -0.4 is 5.32 Å². The van der Waals surface area contributed by atoms with Crippen LogP contribution in [0, 0.1) is 10.1 Å². The fraction of sp³-hybridized carbons (Fsp3) is 0.357. The molecular formula is C14H16ClN3O2S. The third-order valence-corrected chi connectivity index (χ3v) is 3.93. The van der Waals surface area contributed by atoms with Crippen molar-refractivity contribution >= 4 is 28.6 Å². The molecule has 0 saturated carbocycles. The normalized spacial score (nSPS) is 11.6. The lowest BCUT2D eigenvalue weighted by Gasteiger charge is -2.19. The first-order valence-electron chi connectivity index (χ1n) is 6.40. The number of nitro benzene ring substituents is 1. The molecular weight excluding hydrogens is 310 g/mol. The predicted molar refractivity (Wildman–Crippen MR) is 85.8 cm³/mol. The van der Waals surface area contributed by atoms with Gasteiger partial charge in [-0.05, 0) is 26.8 Å². The Hall–Kier alpha value is -1.50. The summed E-state index contributed by atoms with van der Waals surface area (Å²) in [7, 11) is 0. The molecule has 21 heavy (non-hydrogen) atoms. The van der Waals surface area contributed by atoms with Crippen molar-refractivity contribution in [2.24, 2.45) is 0 Å². The van der Waals surface area contributed by atoms with E-state index in [9.17, 15) is 10.1 Å². The first kappa shape index (κ1) is 15.9. The molecule has 112 valence electrons. The highest BCUT2D eigenvalue weighted by atomic mass is 35.5. The van der Waals surface area contributed by atoms with Gasteiger partial charge in [0.25, 0.3) is 5.69 Å². The van der Waals surface area contributed by atoms with Crippen molar-refractivity contribution in [1.82, 2.24) is 10.3 Å². The molecule has 0 saturated heterocycles. The zero-order valence-electron chi connectivity index (χ0n) is 12.0. The number of nitrogens with one attached hydrogen (secondary N) is 1. The quantitative estimate of drug-likeness (QED) is 0.673. The standard InChI is InChI=1S/C14H16ClN3O2S/c1-14(2,3)16-7-13-17-11(8-21-13)9-4-5-10(15)12(6-9)18(19)20/h4-6,8,16H,7H2,1-3H3. The second-order valence-corrected chi connectivity index (χ2v) is 7.00. The molecule has 0 aliphatic rings. The number of aromatic nitrogens is 1. The van der Waals surface area contributed by atoms with E-state index in [2.05, 4.69) is 31.1 Å². The third-order valence-electron chi connectivity index (χ3n) is 2.76. The van der Waals surface area contributed by atoms with Crippen LogP contribution in [0.1, 0.15) is 25.8 Å². The molecule has 0 atom stereocenters. The second kappa shape index (κ2) is 6.09. The van der Waals surface area contributed by atoms with Crippen molar-refractivity contribution in [3.63, 3.8) is 0 Å². The monoisotopic (exact) mass is 325 g/mol. The summed E-state index contributed by atoms with van der Waals surface area (Å²) in [6.45, 7) is 6.93. The maximum atomic E-state index is 10.9. The summed E-state index contributed by atoms with van der Waals surface area (Å²) < 4.78 is 0. The SMILES string of the molecule is CC(C)(C)NCc1nc(-c2ccc(Cl)c([N+](=O)[O-])c2)cs1. The first-order chi connectivity index (χ1) is 9.76. The number of hydrogen-bond acceptors (Lipinski definition) is 5. The minimum absolute atomic E-state index is 0.0187. The number of thiazole rings is 1. The van der Waals surface area contributed by atoms with Crippen molar-refractivity contribution in [2.75, 3.05) is 0 Å². The van der Waals surface area contributed by atoms with Crippen LogP contribution in [-0.2, 0) is 6.54 Å². The molecule has 1 aromatic heterocycles. The summed E-state index contributed by atoms with van der Waals surface area (Å²) in [6.07, 6.45) is 0. The van der Waals surface area contributed by atoms with Gasteiger partial charge >= 0.3 is 0 Å². The van der Waals surface area contributed by atoms with Gasteiger partial charge in [0.15, 0.2) is 0 Å². The summed E-state index contributed by atoms with van der Waals surface area (Å²) in [5.41, 5.74) is 1.34. The van der Waals surface area contributed by atoms with Gasteiger partial charge in [0.05, 0.1) is 10.6 Å². The van der Waals surface area contributed by atoms with Gasteiger partial charge in [0.1, 0.15) is 10.0 Å². The molecule has 0 amide bonds. The van der Waals surface area contributed by atoms with E-state index in [1.54, 1.807) is 6.07 Å². The van der Waals surface area contributed by atoms with Gasteiger partial charge in [0, 0.05) is 29.1 Å². The van der Waals surface area contributed by atoms with Gasteiger partial charge in [-0.25, -0.2) is 4.98 Å². The van der Waals surface area contributed by atoms with Crippen LogP contribution in [0.15, 0.2) is 23.6 Å². The minimum atomic E-state index is -0.486. The number of halogens is 1. The highest BCUT2D eigenvalue weighted by Gasteiger charge is 2.15. The van der Waals surface area contributed by atoms with Gasteiger partial charge in [-0.1, -0.05) is 17.7 Å². The van der Waals surface area contributed by atoms with E-state index in [0.717, 1.165) is 10.7 Å². The highest BCUT2D eigenvalue weighted by Crippen LogP contribution is 2.30. The van der Waals surface area contributed by atoms with Crippen LogP contribution >= 0.6 is 22.9 Å². The lowest BCUT2D eigenvalue weighted by atomic mass is 10.1. The number of nitrogens with zero attached hydrogens (tertiary/aromatic N) is 2. The molecule has 0 unspecified atom stereocenters. The zero-order valence-corrected chi connectivity index (χ0v) is 13.6. The molecule has 2 rings (SSSR count). The zero-order chi connectivity index (χ0) is 15.6. The Kier molecular flexibility index (Phi) is 4.61. The smallest absolute Gasteiger partial charge is 0.288 e. The van der Waals surface area contributed by atoms with Crippen molar-refractivity contribution in [3.8, 4) is 11.3 Å². The third kappa shape index (κ3) is 4.23. The van der Waals surface area contributed by atoms with E-state index in [-0.39, 0.29) is 16.2 Å². The van der Waals surface area contributed by atoms with Crippen LogP contribution in [-0.4, -0.2) is 15.4 Å². The first-order valence-corrected chi connectivity index (χ1v) is 7.66. The molecule has 1 heterocycles. The fourth-order valence-corrected chi connectivity index (χ4v) is 2.61. The van der Waals surface area contributed by atoms with Crippen LogP contribution in [0.25, 0.3) is 11.3 Å². The van der Waals surface area contributed by atoms with Crippen LogP contribution in [0.3, 0.4) is 0 Å². The van der Waals surface area contributed by atoms with Crippen molar-refractivity contribution in [2.45, 2.75) is 32.9 Å². The lowest BCUT2D eigenvalue weighted by molar-refractivity contribution is -0.384. The van der Waals surface area contributed by atoms with Gasteiger partial charge in [-0.3, -0.25) is 10.1 Å². The molecule has 0 bridgehead atoms. The molecule has 0 fully saturated rings. The summed E-state index contributed by atoms with van der Waals surface area (Å²) in [5, 5.41) is 17.2. The van der Waals surface area contributed by atoms with E-state index >= 15 is 0 Å². The largest absolute Gasteiger partial charge is 0.306 e. The van der Waals surface area contributed by atoms with Crippen molar-refractivity contribution in [1.29, 1.82) is 0 Å². The summed E-state index contributed by atoms with van der Waals surface area (Å²) >= 11 is 7.34. The predicted octanol–water partition coefficient (Wildman–Crippen LogP) is 4.26. The molecule has 0 radical (unpaired) electrons. The fourth-order valence-electron chi connectivity index (χ4n) is 1.68. The summed E-state index contributed by atoms with van der Waals surface area (Å²) in [6, 6.07) is 4.73. The van der Waals surface area contributed by atoms with E-state index in [0.29, 0.717) is 12.1 Å². The van der Waals surface area contributed by atoms with Gasteiger partial charge in [-0.15, -0.1) is 11.3 Å². The van der Waals surface area contributed by atoms with Crippen LogP contribution in [0.4, 0.5) is 5.69 Å². The Bertz CT molecular complexity index is 664. The number of hydrogen-bond donors (Lipinski definition) is 1. The van der Waals surface area contributed by atoms with E-state index in [4.69, 9.17) is 11.6 Å². The van der Waals surface area contributed by atoms with E-state index in [1.165, 1.54) is 23.5 Å². The van der Waals surface area contributed by atoms with E-state index in [1.807, 2.05) is 5.38 Å². The Balaban J connectivity index is 2.22. The topological polar surface area (TPSA) is 68.1 Å². The molecule has 0 aliphatic heterocycles. The van der Waals surface area contributed by atoms with Crippen LogP contribution in [0.2, 0.25) is 5.02 Å². The van der Waals surface area contributed by atoms with Crippen molar-refractivity contribution < 1.29 is 4.92 Å². The Morgan fingerprint density at radius 2 is 2.14 bits per heavy atom. The van der Waals surface area contributed by atoms with Gasteiger partial charge in [0.2, 0.25) is 0 Å². The van der Waals surface area contributed by atoms with Gasteiger partial charge < -0.3 is 5.32 Å². The molecule has 1 aromatic carbocycles. The lowest BCUT2D eigenvalue weighted by Crippen LogP contribution is -2.34. The Morgan fingerprint density at radius 3 is 2.76 bits per heavy atom. The molecule has 1 N–H and O–H groups in total. The second-order valence-electron chi connectivity index (χ2n) is 5.65. The number of benzene rings is 1. The van der Waals surface area contributed by atoms with E-state index < -0.39 is 4.92 Å². The molecule has 0 aliphatic carbocycles. The molecule has 0 spiro atoms. The maximum Gasteiger partial charge on any atom is 0.288 e. The Labute approximate surface area is 132 Å². The molecule has 5 nitrogen and oxygen atoms in total. The number of rotatable bonds is 4.